The molecule has 16 heavy (non-hydrogen) atoms. The lowest BCUT2D eigenvalue weighted by atomic mass is 10.4. The van der Waals surface area contributed by atoms with Crippen LogP contribution in [0.3, 0.4) is 0 Å². The molecule has 0 saturated heterocycles. The Balaban J connectivity index is 2.18. The Bertz CT molecular complexity index is 532. The summed E-state index contributed by atoms with van der Waals surface area (Å²) in [6.45, 7) is 0. The quantitative estimate of drug-likeness (QED) is 0.857. The van der Waals surface area contributed by atoms with Crippen LogP contribution in [0.5, 0.6) is 0 Å². The standard InChI is InChI=1S/C10H6ClN5/c11-8-1-2-13-9(3-8)16-10-14-5-7(4-12)6-15-10/h1-3,5-6H,(H,13,14,15,16). The van der Waals surface area contributed by atoms with Crippen molar-refractivity contribution in [3.8, 4) is 6.07 Å². The van der Waals surface area contributed by atoms with Gasteiger partial charge in [-0.1, -0.05) is 11.6 Å². The number of halogens is 1. The van der Waals surface area contributed by atoms with Crippen molar-refractivity contribution >= 4 is 23.4 Å². The van der Waals surface area contributed by atoms with Gasteiger partial charge >= 0.3 is 0 Å². The van der Waals surface area contributed by atoms with Crippen LogP contribution in [0.2, 0.25) is 5.02 Å². The Hall–Kier alpha value is -2.19. The maximum atomic E-state index is 8.57. The van der Waals surface area contributed by atoms with E-state index >= 15 is 0 Å². The molecule has 2 heterocycles. The minimum atomic E-state index is 0.369. The van der Waals surface area contributed by atoms with Gasteiger partial charge in [-0.25, -0.2) is 15.0 Å². The minimum Gasteiger partial charge on any atom is -0.309 e. The highest BCUT2D eigenvalue weighted by atomic mass is 35.5. The number of hydrogen-bond donors (Lipinski definition) is 1. The summed E-state index contributed by atoms with van der Waals surface area (Å²) in [4.78, 5) is 11.9. The number of nitrogens with zero attached hydrogens (tertiary/aromatic N) is 4. The lowest BCUT2D eigenvalue weighted by Crippen LogP contribution is -1.98. The van der Waals surface area contributed by atoms with Crippen molar-refractivity contribution in [2.75, 3.05) is 5.32 Å². The highest BCUT2D eigenvalue weighted by molar-refractivity contribution is 6.30. The second-order valence-corrected chi connectivity index (χ2v) is 3.33. The fourth-order valence-corrected chi connectivity index (χ4v) is 1.20. The van der Waals surface area contributed by atoms with Crippen molar-refractivity contribution in [1.29, 1.82) is 5.26 Å². The van der Waals surface area contributed by atoms with E-state index in [1.165, 1.54) is 12.4 Å². The molecule has 0 aliphatic rings. The Morgan fingerprint density at radius 3 is 2.62 bits per heavy atom. The fraction of sp³-hybridized carbons (Fsp3) is 0. The number of nitrogens with one attached hydrogen (secondary N) is 1. The molecule has 1 N–H and O–H groups in total. The molecule has 2 rings (SSSR count). The van der Waals surface area contributed by atoms with Crippen molar-refractivity contribution < 1.29 is 0 Å². The summed E-state index contributed by atoms with van der Waals surface area (Å²) < 4.78 is 0. The summed E-state index contributed by atoms with van der Waals surface area (Å²) in [5.74, 6) is 0.922. The zero-order valence-electron chi connectivity index (χ0n) is 8.05. The summed E-state index contributed by atoms with van der Waals surface area (Å²) in [6, 6.07) is 5.27. The van der Waals surface area contributed by atoms with Crippen LogP contribution in [-0.4, -0.2) is 15.0 Å². The first kappa shape index (κ1) is 10.3. The van der Waals surface area contributed by atoms with Gasteiger partial charge in [0.15, 0.2) is 0 Å². The van der Waals surface area contributed by atoms with Gasteiger partial charge < -0.3 is 5.32 Å². The number of pyridine rings is 1. The number of rotatable bonds is 2. The third-order valence-corrected chi connectivity index (χ3v) is 1.98. The average molecular weight is 232 g/mol. The number of anilines is 2. The van der Waals surface area contributed by atoms with E-state index in [-0.39, 0.29) is 0 Å². The zero-order valence-corrected chi connectivity index (χ0v) is 8.81. The Labute approximate surface area is 96.8 Å². The van der Waals surface area contributed by atoms with Gasteiger partial charge in [0.1, 0.15) is 11.9 Å². The van der Waals surface area contributed by atoms with Gasteiger partial charge in [-0.15, -0.1) is 0 Å². The zero-order chi connectivity index (χ0) is 11.4. The molecule has 5 nitrogen and oxygen atoms in total. The average Bonchev–Trinajstić information content (AvgIpc) is 2.30. The summed E-state index contributed by atoms with van der Waals surface area (Å²) in [6.07, 6.45) is 4.44. The molecule has 0 spiro atoms. The third kappa shape index (κ3) is 2.43. The highest BCUT2D eigenvalue weighted by Crippen LogP contribution is 2.14. The number of hydrogen-bond acceptors (Lipinski definition) is 5. The SMILES string of the molecule is N#Cc1cnc(Nc2cc(Cl)ccn2)nc1. The van der Waals surface area contributed by atoms with Gasteiger partial charge in [0.05, 0.1) is 18.0 Å². The van der Waals surface area contributed by atoms with E-state index in [0.29, 0.717) is 22.4 Å². The lowest BCUT2D eigenvalue weighted by molar-refractivity contribution is 1.14. The van der Waals surface area contributed by atoms with Crippen LogP contribution in [-0.2, 0) is 0 Å². The van der Waals surface area contributed by atoms with E-state index < -0.39 is 0 Å². The van der Waals surface area contributed by atoms with Crippen molar-refractivity contribution in [3.05, 3.63) is 41.3 Å². The summed E-state index contributed by atoms with van der Waals surface area (Å²) in [5.41, 5.74) is 0.407. The van der Waals surface area contributed by atoms with Crippen LogP contribution in [0.15, 0.2) is 30.7 Å². The molecule has 6 heteroatoms. The molecule has 0 fully saturated rings. The normalized spacial score (nSPS) is 9.50. The Morgan fingerprint density at radius 1 is 1.25 bits per heavy atom. The second kappa shape index (κ2) is 4.55. The van der Waals surface area contributed by atoms with E-state index in [1.807, 2.05) is 6.07 Å². The predicted octanol–water partition coefficient (Wildman–Crippen LogP) is 2.14. The van der Waals surface area contributed by atoms with Gasteiger partial charge in [-0.05, 0) is 12.1 Å². The molecule has 0 aliphatic carbocycles. The highest BCUT2D eigenvalue weighted by Gasteiger charge is 1.99. The molecule has 0 unspecified atom stereocenters. The van der Waals surface area contributed by atoms with Gasteiger partial charge in [-0.3, -0.25) is 0 Å². The monoisotopic (exact) mass is 231 g/mol. The summed E-state index contributed by atoms with van der Waals surface area (Å²) in [7, 11) is 0. The molecule has 0 aromatic carbocycles. The van der Waals surface area contributed by atoms with Gasteiger partial charge in [-0.2, -0.15) is 5.26 Å². The molecule has 0 radical (unpaired) electrons. The summed E-state index contributed by atoms with van der Waals surface area (Å²) >= 11 is 5.79. The molecule has 0 atom stereocenters. The molecule has 0 bridgehead atoms. The molecule has 78 valence electrons. The van der Waals surface area contributed by atoms with Crippen molar-refractivity contribution in [1.82, 2.24) is 15.0 Å². The molecule has 0 amide bonds. The molecular formula is C10H6ClN5. The van der Waals surface area contributed by atoms with E-state index in [9.17, 15) is 0 Å². The predicted molar refractivity (Wildman–Crippen MR) is 59.3 cm³/mol. The van der Waals surface area contributed by atoms with Gasteiger partial charge in [0.2, 0.25) is 5.95 Å². The largest absolute Gasteiger partial charge is 0.309 e. The van der Waals surface area contributed by atoms with Gasteiger partial charge in [0.25, 0.3) is 0 Å². The van der Waals surface area contributed by atoms with E-state index in [4.69, 9.17) is 16.9 Å². The lowest BCUT2D eigenvalue weighted by Gasteiger charge is -2.02. The fourth-order valence-electron chi connectivity index (χ4n) is 1.04. The molecule has 2 aromatic rings. The Morgan fingerprint density at radius 2 is 2.00 bits per heavy atom. The van der Waals surface area contributed by atoms with Crippen LogP contribution in [0.25, 0.3) is 0 Å². The molecular weight excluding hydrogens is 226 g/mol. The van der Waals surface area contributed by atoms with Crippen LogP contribution in [0.4, 0.5) is 11.8 Å². The third-order valence-electron chi connectivity index (χ3n) is 1.74. The van der Waals surface area contributed by atoms with Crippen LogP contribution >= 0.6 is 11.6 Å². The van der Waals surface area contributed by atoms with Crippen molar-refractivity contribution in [3.63, 3.8) is 0 Å². The topological polar surface area (TPSA) is 74.5 Å². The van der Waals surface area contributed by atoms with Crippen LogP contribution in [0, 0.1) is 11.3 Å². The molecule has 0 saturated carbocycles. The second-order valence-electron chi connectivity index (χ2n) is 2.89. The molecule has 0 aliphatic heterocycles. The number of nitriles is 1. The number of aromatic nitrogens is 3. The minimum absolute atomic E-state index is 0.369. The van der Waals surface area contributed by atoms with Crippen molar-refractivity contribution in [2.24, 2.45) is 0 Å². The first-order valence-electron chi connectivity index (χ1n) is 4.38. The Kier molecular flexibility index (Phi) is 2.94. The van der Waals surface area contributed by atoms with Crippen molar-refractivity contribution in [2.45, 2.75) is 0 Å². The maximum absolute atomic E-state index is 8.57. The van der Waals surface area contributed by atoms with E-state index in [1.54, 1.807) is 18.3 Å². The summed E-state index contributed by atoms with van der Waals surface area (Å²) in [5, 5.41) is 12.0. The first-order chi connectivity index (χ1) is 7.78. The van der Waals surface area contributed by atoms with E-state index in [0.717, 1.165) is 0 Å². The van der Waals surface area contributed by atoms with Gasteiger partial charge in [0, 0.05) is 11.2 Å². The van der Waals surface area contributed by atoms with E-state index in [2.05, 4.69) is 20.3 Å². The smallest absolute Gasteiger partial charge is 0.228 e. The maximum Gasteiger partial charge on any atom is 0.228 e. The van der Waals surface area contributed by atoms with Crippen LogP contribution in [0.1, 0.15) is 5.56 Å². The first-order valence-corrected chi connectivity index (χ1v) is 4.76. The molecule has 2 aromatic heterocycles. The van der Waals surface area contributed by atoms with Crippen LogP contribution < -0.4 is 5.32 Å².